The van der Waals surface area contributed by atoms with Gasteiger partial charge in [-0.3, -0.25) is 0 Å². The minimum atomic E-state index is 0.124. The fourth-order valence-electron chi connectivity index (χ4n) is 4.85. The molecule has 0 radical (unpaired) electrons. The van der Waals surface area contributed by atoms with Crippen molar-refractivity contribution >= 4 is 34.0 Å². The first-order valence-corrected chi connectivity index (χ1v) is 10.4. The average Bonchev–Trinajstić information content (AvgIpc) is 2.62. The van der Waals surface area contributed by atoms with E-state index < -0.39 is 0 Å². The first kappa shape index (κ1) is 15.8. The van der Waals surface area contributed by atoms with Crippen LogP contribution in [0.25, 0.3) is 4.91 Å². The Labute approximate surface area is 158 Å². The van der Waals surface area contributed by atoms with E-state index in [4.69, 9.17) is 11.6 Å². The van der Waals surface area contributed by atoms with E-state index >= 15 is 0 Å². The van der Waals surface area contributed by atoms with Crippen LogP contribution >= 0.6 is 23.4 Å². The van der Waals surface area contributed by atoms with Gasteiger partial charge in [0.1, 0.15) is 0 Å². The van der Waals surface area contributed by atoms with Crippen molar-refractivity contribution in [2.75, 3.05) is 11.1 Å². The summed E-state index contributed by atoms with van der Waals surface area (Å²) in [4.78, 5) is 1.53. The van der Waals surface area contributed by atoms with Gasteiger partial charge in [-0.1, -0.05) is 49.7 Å². The largest absolute Gasteiger partial charge is 0.378 e. The van der Waals surface area contributed by atoms with Crippen molar-refractivity contribution in [1.29, 1.82) is 0 Å². The highest BCUT2D eigenvalue weighted by atomic mass is 35.5. The molecule has 0 fully saturated rings. The third-order valence-corrected chi connectivity index (χ3v) is 7.85. The van der Waals surface area contributed by atoms with Gasteiger partial charge in [0.2, 0.25) is 0 Å². The molecule has 2 aromatic carbocycles. The van der Waals surface area contributed by atoms with Crippen molar-refractivity contribution in [3.8, 4) is 0 Å². The third-order valence-electron chi connectivity index (χ3n) is 6.32. The van der Waals surface area contributed by atoms with Crippen molar-refractivity contribution in [2.45, 2.75) is 38.1 Å². The summed E-state index contributed by atoms with van der Waals surface area (Å²) in [6.07, 6.45) is 2.33. The lowest BCUT2D eigenvalue weighted by atomic mass is 9.65. The summed E-state index contributed by atoms with van der Waals surface area (Å²) >= 11 is 8.37. The normalized spacial score (nSPS) is 26.0. The number of halogens is 1. The Bertz CT molecular complexity index is 899. The van der Waals surface area contributed by atoms with Crippen molar-refractivity contribution in [3.63, 3.8) is 0 Å². The first-order valence-electron chi connectivity index (χ1n) is 9.06. The molecule has 1 N–H and O–H groups in total. The molecule has 128 valence electrons. The summed E-state index contributed by atoms with van der Waals surface area (Å²) in [5, 5.41) is 4.72. The molecule has 1 nitrogen and oxygen atoms in total. The summed E-state index contributed by atoms with van der Waals surface area (Å²) in [6, 6.07) is 15.7. The second kappa shape index (κ2) is 5.56. The van der Waals surface area contributed by atoms with Crippen LogP contribution < -0.4 is 5.32 Å². The molecule has 5 rings (SSSR count). The lowest BCUT2D eigenvalue weighted by Gasteiger charge is -2.50. The van der Waals surface area contributed by atoms with E-state index in [-0.39, 0.29) is 5.41 Å². The number of benzene rings is 2. The Balaban J connectivity index is 1.65. The van der Waals surface area contributed by atoms with Gasteiger partial charge in [0.05, 0.1) is 6.04 Å². The summed E-state index contributed by atoms with van der Waals surface area (Å²) in [5.41, 5.74) is 7.34. The molecule has 2 unspecified atom stereocenters. The van der Waals surface area contributed by atoms with Gasteiger partial charge in [0.25, 0.3) is 0 Å². The molecular weight excluding hydrogens is 346 g/mol. The second-order valence-electron chi connectivity index (χ2n) is 7.96. The Morgan fingerprint density at radius 1 is 1.12 bits per heavy atom. The molecule has 3 aliphatic rings. The smallest absolute Gasteiger partial charge is 0.0532 e. The Hall–Kier alpha value is -1.38. The van der Waals surface area contributed by atoms with Gasteiger partial charge in [0, 0.05) is 27.3 Å². The van der Waals surface area contributed by atoms with Crippen LogP contribution in [0.3, 0.4) is 0 Å². The molecule has 0 saturated heterocycles. The predicted molar refractivity (Wildman–Crippen MR) is 110 cm³/mol. The summed E-state index contributed by atoms with van der Waals surface area (Å²) in [6.45, 7) is 4.78. The van der Waals surface area contributed by atoms with Gasteiger partial charge in [-0.15, -0.1) is 11.8 Å². The maximum absolute atomic E-state index is 6.30. The molecule has 0 saturated carbocycles. The van der Waals surface area contributed by atoms with Crippen LogP contribution in [0, 0.1) is 5.92 Å². The lowest BCUT2D eigenvalue weighted by molar-refractivity contribution is 0.310. The second-order valence-corrected chi connectivity index (χ2v) is 9.43. The summed E-state index contributed by atoms with van der Waals surface area (Å²) in [7, 11) is 0. The number of hydrogen-bond donors (Lipinski definition) is 1. The van der Waals surface area contributed by atoms with Crippen molar-refractivity contribution in [1.82, 2.24) is 0 Å². The number of fused-ring (bicyclic) bond motifs is 5. The number of thioether (sulfide) groups is 1. The van der Waals surface area contributed by atoms with Crippen LogP contribution in [0.2, 0.25) is 5.02 Å². The number of rotatable bonds is 0. The van der Waals surface area contributed by atoms with Crippen LogP contribution in [-0.4, -0.2) is 11.8 Å². The van der Waals surface area contributed by atoms with E-state index in [9.17, 15) is 0 Å². The highest BCUT2D eigenvalue weighted by Crippen LogP contribution is 2.54. The van der Waals surface area contributed by atoms with E-state index in [0.29, 0.717) is 12.0 Å². The highest BCUT2D eigenvalue weighted by Gasteiger charge is 2.47. The van der Waals surface area contributed by atoms with Crippen molar-refractivity contribution in [2.24, 2.45) is 5.92 Å². The Morgan fingerprint density at radius 3 is 2.84 bits per heavy atom. The molecule has 0 aromatic heterocycles. The molecule has 25 heavy (non-hydrogen) atoms. The average molecular weight is 368 g/mol. The molecule has 2 aromatic rings. The van der Waals surface area contributed by atoms with E-state index in [0.717, 1.165) is 17.2 Å². The number of aryl methyl sites for hydroxylation is 1. The topological polar surface area (TPSA) is 12.0 Å². The molecule has 3 heteroatoms. The number of anilines is 1. The minimum absolute atomic E-state index is 0.124. The number of nitrogens with one attached hydrogen (secondary N) is 1. The van der Waals surface area contributed by atoms with Gasteiger partial charge in [-0.25, -0.2) is 0 Å². The minimum Gasteiger partial charge on any atom is -0.378 e. The molecule has 1 aliphatic carbocycles. The van der Waals surface area contributed by atoms with Gasteiger partial charge in [-0.2, -0.15) is 0 Å². The van der Waals surface area contributed by atoms with Crippen LogP contribution in [0.5, 0.6) is 0 Å². The monoisotopic (exact) mass is 367 g/mol. The van der Waals surface area contributed by atoms with Crippen molar-refractivity contribution in [3.05, 3.63) is 69.8 Å². The molecule has 0 amide bonds. The summed E-state index contributed by atoms with van der Waals surface area (Å²) < 4.78 is 0. The van der Waals surface area contributed by atoms with E-state index in [1.807, 2.05) is 6.07 Å². The van der Waals surface area contributed by atoms with Gasteiger partial charge in [0.15, 0.2) is 0 Å². The van der Waals surface area contributed by atoms with E-state index in [2.05, 4.69) is 67.3 Å². The molecule has 2 atom stereocenters. The van der Waals surface area contributed by atoms with Crippen LogP contribution in [0.1, 0.15) is 37.0 Å². The number of hydrogen-bond acceptors (Lipinski definition) is 2. The molecule has 2 heterocycles. The van der Waals surface area contributed by atoms with Crippen LogP contribution in [-0.2, 0) is 11.8 Å². The first-order chi connectivity index (χ1) is 12.1. The fourth-order valence-corrected chi connectivity index (χ4v) is 6.75. The summed E-state index contributed by atoms with van der Waals surface area (Å²) in [5.74, 6) is 1.75. The SMILES string of the molecule is CC1(C)c2cc(Cl)ccc2NC2C3=C(SCC21)c1ccccc1CC3. The standard InChI is InChI=1S/C22H22ClNS/c1-22(2)17-11-14(23)8-10-19(17)24-20-16-9-7-13-5-3-4-6-15(13)21(16)25-12-18(20)22/h3-6,8,10-11,18,20,24H,7,9,12H2,1-2H3. The van der Waals surface area contributed by atoms with Gasteiger partial charge < -0.3 is 5.32 Å². The Kier molecular flexibility index (Phi) is 3.52. The van der Waals surface area contributed by atoms with E-state index in [1.54, 1.807) is 5.57 Å². The zero-order valence-corrected chi connectivity index (χ0v) is 16.2. The van der Waals surface area contributed by atoms with Crippen LogP contribution in [0.15, 0.2) is 48.0 Å². The predicted octanol–water partition coefficient (Wildman–Crippen LogP) is 6.13. The lowest BCUT2D eigenvalue weighted by Crippen LogP contribution is -2.50. The molecule has 2 aliphatic heterocycles. The highest BCUT2D eigenvalue weighted by molar-refractivity contribution is 8.08. The molecule has 0 spiro atoms. The maximum atomic E-state index is 6.30. The van der Waals surface area contributed by atoms with Crippen molar-refractivity contribution < 1.29 is 0 Å². The van der Waals surface area contributed by atoms with Gasteiger partial charge >= 0.3 is 0 Å². The molecule has 0 bridgehead atoms. The fraction of sp³-hybridized carbons (Fsp3) is 0.364. The quantitative estimate of drug-likeness (QED) is 0.600. The third kappa shape index (κ3) is 2.30. The Morgan fingerprint density at radius 2 is 1.96 bits per heavy atom. The van der Waals surface area contributed by atoms with Crippen LogP contribution in [0.4, 0.5) is 5.69 Å². The van der Waals surface area contributed by atoms with Gasteiger partial charge in [-0.05, 0) is 58.7 Å². The molecular formula is C22H22ClNS. The van der Waals surface area contributed by atoms with E-state index in [1.165, 1.54) is 33.7 Å². The maximum Gasteiger partial charge on any atom is 0.0532 e. The zero-order valence-electron chi connectivity index (χ0n) is 14.6. The zero-order chi connectivity index (χ0) is 17.2.